The summed E-state index contributed by atoms with van der Waals surface area (Å²) in [5.41, 5.74) is 2.43. The average Bonchev–Trinajstić information content (AvgIpc) is 3.14. The zero-order valence-corrected chi connectivity index (χ0v) is 15.0. The molecule has 134 valence electrons. The largest absolute Gasteiger partial charge is 0.349 e. The number of carbonyl (C=O) groups is 2. The normalized spacial score (nSPS) is 25.4. The third-order valence-electron chi connectivity index (χ3n) is 6.12. The molecule has 2 saturated carbocycles. The van der Waals surface area contributed by atoms with Gasteiger partial charge >= 0.3 is 0 Å². The van der Waals surface area contributed by atoms with Crippen LogP contribution in [0.2, 0.25) is 0 Å². The first-order valence-electron chi connectivity index (χ1n) is 9.78. The Morgan fingerprint density at radius 1 is 1.12 bits per heavy atom. The summed E-state index contributed by atoms with van der Waals surface area (Å²) >= 11 is 0. The van der Waals surface area contributed by atoms with Crippen molar-refractivity contribution in [3.63, 3.8) is 0 Å². The molecule has 3 fully saturated rings. The average molecular weight is 340 g/mol. The van der Waals surface area contributed by atoms with Gasteiger partial charge in [0.25, 0.3) is 0 Å². The molecule has 0 aromatic heterocycles. The van der Waals surface area contributed by atoms with Gasteiger partial charge < -0.3 is 10.2 Å². The minimum atomic E-state index is -0.181. The Kier molecular flexibility index (Phi) is 4.53. The number of nitrogens with zero attached hydrogens (tertiary/aromatic N) is 1. The SMILES string of the molecule is Cc1ccc([C@H](NC(=O)[C@H]2CC(=O)N(C3CCCC3)C2)C2CC2)cc1. The fraction of sp³-hybridized carbons (Fsp3) is 0.619. The van der Waals surface area contributed by atoms with Gasteiger partial charge in [-0.15, -0.1) is 0 Å². The summed E-state index contributed by atoms with van der Waals surface area (Å²) in [6, 6.07) is 8.95. The minimum Gasteiger partial charge on any atom is -0.349 e. The van der Waals surface area contributed by atoms with Crippen LogP contribution in [0.25, 0.3) is 0 Å². The topological polar surface area (TPSA) is 49.4 Å². The second-order valence-electron chi connectivity index (χ2n) is 8.12. The molecule has 4 heteroatoms. The number of hydrogen-bond acceptors (Lipinski definition) is 2. The fourth-order valence-corrected chi connectivity index (χ4v) is 4.42. The Bertz CT molecular complexity index is 644. The van der Waals surface area contributed by atoms with Crippen molar-refractivity contribution < 1.29 is 9.59 Å². The zero-order valence-electron chi connectivity index (χ0n) is 15.0. The molecule has 1 aliphatic heterocycles. The monoisotopic (exact) mass is 340 g/mol. The van der Waals surface area contributed by atoms with Gasteiger partial charge in [0, 0.05) is 19.0 Å². The lowest BCUT2D eigenvalue weighted by molar-refractivity contribution is -0.130. The Balaban J connectivity index is 1.41. The van der Waals surface area contributed by atoms with Crippen LogP contribution >= 0.6 is 0 Å². The molecule has 25 heavy (non-hydrogen) atoms. The van der Waals surface area contributed by atoms with Crippen LogP contribution in [-0.4, -0.2) is 29.3 Å². The van der Waals surface area contributed by atoms with Gasteiger partial charge in [-0.2, -0.15) is 0 Å². The van der Waals surface area contributed by atoms with E-state index in [1.807, 2.05) is 4.90 Å². The van der Waals surface area contributed by atoms with Crippen molar-refractivity contribution in [2.75, 3.05) is 6.54 Å². The Morgan fingerprint density at radius 3 is 2.44 bits per heavy atom. The molecule has 0 unspecified atom stereocenters. The molecule has 0 radical (unpaired) electrons. The number of carbonyl (C=O) groups excluding carboxylic acids is 2. The molecule has 4 nitrogen and oxygen atoms in total. The standard InChI is InChI=1S/C21H28N2O2/c1-14-6-8-15(9-7-14)20(16-10-11-16)22-21(25)17-12-19(24)23(13-17)18-4-2-3-5-18/h6-9,16-18,20H,2-5,10-13H2,1H3,(H,22,25)/t17-,20-/m0/s1. The highest BCUT2D eigenvalue weighted by atomic mass is 16.2. The molecule has 2 atom stereocenters. The van der Waals surface area contributed by atoms with Gasteiger partial charge in [-0.3, -0.25) is 9.59 Å². The number of nitrogens with one attached hydrogen (secondary N) is 1. The quantitative estimate of drug-likeness (QED) is 0.893. The van der Waals surface area contributed by atoms with Crippen LogP contribution in [0.15, 0.2) is 24.3 Å². The maximum Gasteiger partial charge on any atom is 0.225 e. The van der Waals surface area contributed by atoms with Gasteiger partial charge in [0.15, 0.2) is 0 Å². The van der Waals surface area contributed by atoms with Crippen molar-refractivity contribution in [3.05, 3.63) is 35.4 Å². The smallest absolute Gasteiger partial charge is 0.225 e. The van der Waals surface area contributed by atoms with Crippen molar-refractivity contribution >= 4 is 11.8 Å². The third-order valence-corrected chi connectivity index (χ3v) is 6.12. The van der Waals surface area contributed by atoms with Gasteiger partial charge in [-0.25, -0.2) is 0 Å². The van der Waals surface area contributed by atoms with E-state index in [4.69, 9.17) is 0 Å². The molecular formula is C21H28N2O2. The molecule has 1 aromatic carbocycles. The third kappa shape index (κ3) is 3.58. The molecule has 1 N–H and O–H groups in total. The van der Waals surface area contributed by atoms with E-state index in [2.05, 4.69) is 36.5 Å². The molecule has 2 aliphatic carbocycles. The van der Waals surface area contributed by atoms with Crippen LogP contribution in [0.3, 0.4) is 0 Å². The number of aryl methyl sites for hydroxylation is 1. The highest BCUT2D eigenvalue weighted by Crippen LogP contribution is 2.41. The second kappa shape index (κ2) is 6.81. The number of likely N-dealkylation sites (tertiary alicyclic amines) is 1. The molecule has 1 saturated heterocycles. The Hall–Kier alpha value is -1.84. The van der Waals surface area contributed by atoms with E-state index in [0.29, 0.717) is 24.9 Å². The van der Waals surface area contributed by atoms with Crippen LogP contribution in [0.4, 0.5) is 0 Å². The molecule has 1 heterocycles. The van der Waals surface area contributed by atoms with Crippen molar-refractivity contribution in [3.8, 4) is 0 Å². The first kappa shape index (κ1) is 16.6. The number of rotatable bonds is 5. The van der Waals surface area contributed by atoms with Crippen LogP contribution < -0.4 is 5.32 Å². The lowest BCUT2D eigenvalue weighted by atomic mass is 9.99. The lowest BCUT2D eigenvalue weighted by Crippen LogP contribution is -2.38. The van der Waals surface area contributed by atoms with E-state index in [9.17, 15) is 9.59 Å². The van der Waals surface area contributed by atoms with E-state index in [0.717, 1.165) is 12.8 Å². The van der Waals surface area contributed by atoms with E-state index >= 15 is 0 Å². The van der Waals surface area contributed by atoms with Gasteiger partial charge in [-0.05, 0) is 44.1 Å². The fourth-order valence-electron chi connectivity index (χ4n) is 4.42. The predicted octanol–water partition coefficient (Wildman–Crippen LogP) is 3.35. The molecule has 2 amide bonds. The van der Waals surface area contributed by atoms with Crippen LogP contribution in [-0.2, 0) is 9.59 Å². The zero-order chi connectivity index (χ0) is 17.4. The van der Waals surface area contributed by atoms with E-state index < -0.39 is 0 Å². The predicted molar refractivity (Wildman–Crippen MR) is 96.9 cm³/mol. The molecular weight excluding hydrogens is 312 g/mol. The van der Waals surface area contributed by atoms with E-state index in [-0.39, 0.29) is 23.8 Å². The summed E-state index contributed by atoms with van der Waals surface area (Å²) < 4.78 is 0. The molecule has 1 aromatic rings. The van der Waals surface area contributed by atoms with Crippen LogP contribution in [0.1, 0.15) is 62.1 Å². The highest BCUT2D eigenvalue weighted by Gasteiger charge is 2.40. The van der Waals surface area contributed by atoms with Crippen molar-refractivity contribution in [2.45, 2.75) is 64.0 Å². The number of hydrogen-bond donors (Lipinski definition) is 1. The summed E-state index contributed by atoms with van der Waals surface area (Å²) in [6.07, 6.45) is 7.37. The second-order valence-corrected chi connectivity index (χ2v) is 8.12. The highest BCUT2D eigenvalue weighted by molar-refractivity contribution is 5.89. The lowest BCUT2D eigenvalue weighted by Gasteiger charge is -2.25. The van der Waals surface area contributed by atoms with Crippen molar-refractivity contribution in [2.24, 2.45) is 11.8 Å². The summed E-state index contributed by atoms with van der Waals surface area (Å²) in [4.78, 5) is 27.2. The van der Waals surface area contributed by atoms with Gasteiger partial charge in [0.2, 0.25) is 11.8 Å². The van der Waals surface area contributed by atoms with E-state index in [1.54, 1.807) is 0 Å². The van der Waals surface area contributed by atoms with Crippen molar-refractivity contribution in [1.82, 2.24) is 10.2 Å². The maximum atomic E-state index is 12.8. The first-order chi connectivity index (χ1) is 12.1. The Labute approximate surface area is 150 Å². The number of benzene rings is 1. The molecule has 0 bridgehead atoms. The van der Waals surface area contributed by atoms with E-state index in [1.165, 1.54) is 36.8 Å². The minimum absolute atomic E-state index is 0.0614. The van der Waals surface area contributed by atoms with Gasteiger partial charge in [-0.1, -0.05) is 42.7 Å². The Morgan fingerprint density at radius 2 is 1.80 bits per heavy atom. The summed E-state index contributed by atoms with van der Waals surface area (Å²) in [7, 11) is 0. The molecule has 4 rings (SSSR count). The summed E-state index contributed by atoms with van der Waals surface area (Å²) in [5.74, 6) is 0.603. The summed E-state index contributed by atoms with van der Waals surface area (Å²) in [6.45, 7) is 2.69. The molecule has 3 aliphatic rings. The van der Waals surface area contributed by atoms with Crippen LogP contribution in [0.5, 0.6) is 0 Å². The first-order valence-corrected chi connectivity index (χ1v) is 9.78. The maximum absolute atomic E-state index is 12.8. The molecule has 0 spiro atoms. The van der Waals surface area contributed by atoms with Crippen LogP contribution in [0, 0.1) is 18.8 Å². The summed E-state index contributed by atoms with van der Waals surface area (Å²) in [5, 5.41) is 3.27. The van der Waals surface area contributed by atoms with Gasteiger partial charge in [0.1, 0.15) is 0 Å². The van der Waals surface area contributed by atoms with Crippen molar-refractivity contribution in [1.29, 1.82) is 0 Å². The van der Waals surface area contributed by atoms with Gasteiger partial charge in [0.05, 0.1) is 12.0 Å². The number of amides is 2.